The predicted octanol–water partition coefficient (Wildman–Crippen LogP) is 1.53. The normalized spacial score (nSPS) is 9.62. The van der Waals surface area contributed by atoms with E-state index in [-0.39, 0.29) is 6.42 Å². The Hall–Kier alpha value is -1.50. The standard InChI is InChI=1S/C12H18O4/c1-4-7-10(11(13)15-8-5-2)12(14)16-9-6-3/h1,10H,5-9H2,2-3H3. The lowest BCUT2D eigenvalue weighted by Crippen LogP contribution is -2.28. The van der Waals surface area contributed by atoms with E-state index in [0.29, 0.717) is 26.1 Å². The molecule has 0 aliphatic carbocycles. The Morgan fingerprint density at radius 1 is 1.12 bits per heavy atom. The van der Waals surface area contributed by atoms with Crippen LogP contribution in [0.25, 0.3) is 0 Å². The van der Waals surface area contributed by atoms with E-state index in [1.807, 2.05) is 13.8 Å². The zero-order valence-electron chi connectivity index (χ0n) is 9.82. The number of carbonyl (C=O) groups is 2. The van der Waals surface area contributed by atoms with Gasteiger partial charge in [-0.15, -0.1) is 12.3 Å². The first-order valence-corrected chi connectivity index (χ1v) is 5.44. The second-order valence-electron chi connectivity index (χ2n) is 3.30. The lowest BCUT2D eigenvalue weighted by molar-refractivity contribution is -0.161. The summed E-state index contributed by atoms with van der Waals surface area (Å²) in [5.74, 6) is 0.105. The maximum Gasteiger partial charge on any atom is 0.321 e. The molecule has 0 aliphatic heterocycles. The smallest absolute Gasteiger partial charge is 0.321 e. The molecule has 0 rings (SSSR count). The molecule has 0 N–H and O–H groups in total. The maximum atomic E-state index is 11.5. The van der Waals surface area contributed by atoms with Crippen molar-refractivity contribution >= 4 is 11.9 Å². The molecule has 0 aliphatic rings. The molecule has 4 nitrogen and oxygen atoms in total. The minimum Gasteiger partial charge on any atom is -0.465 e. The summed E-state index contributed by atoms with van der Waals surface area (Å²) in [4.78, 5) is 23.0. The first-order chi connectivity index (χ1) is 7.67. The van der Waals surface area contributed by atoms with Crippen molar-refractivity contribution in [1.82, 2.24) is 0 Å². The van der Waals surface area contributed by atoms with Crippen LogP contribution in [0.4, 0.5) is 0 Å². The minimum absolute atomic E-state index is 0.0189. The molecule has 0 saturated heterocycles. The molecule has 90 valence electrons. The molecule has 0 unspecified atom stereocenters. The Labute approximate surface area is 96.3 Å². The number of rotatable bonds is 7. The van der Waals surface area contributed by atoms with E-state index in [1.54, 1.807) is 0 Å². The summed E-state index contributed by atoms with van der Waals surface area (Å²) in [7, 11) is 0. The summed E-state index contributed by atoms with van der Waals surface area (Å²) in [5.41, 5.74) is 0. The Morgan fingerprint density at radius 3 is 1.88 bits per heavy atom. The second-order valence-corrected chi connectivity index (χ2v) is 3.30. The van der Waals surface area contributed by atoms with Gasteiger partial charge in [-0.1, -0.05) is 13.8 Å². The topological polar surface area (TPSA) is 52.6 Å². The first-order valence-electron chi connectivity index (χ1n) is 5.44. The fraction of sp³-hybridized carbons (Fsp3) is 0.667. The molecule has 0 heterocycles. The van der Waals surface area contributed by atoms with Gasteiger partial charge in [-0.25, -0.2) is 0 Å². The first kappa shape index (κ1) is 14.5. The predicted molar refractivity (Wildman–Crippen MR) is 59.4 cm³/mol. The van der Waals surface area contributed by atoms with Gasteiger partial charge in [0, 0.05) is 6.42 Å². The van der Waals surface area contributed by atoms with Crippen LogP contribution in [-0.4, -0.2) is 25.2 Å². The molecule has 0 saturated carbocycles. The van der Waals surface area contributed by atoms with Crippen molar-refractivity contribution in [3.63, 3.8) is 0 Å². The van der Waals surface area contributed by atoms with Crippen molar-refractivity contribution in [2.45, 2.75) is 33.1 Å². The highest BCUT2D eigenvalue weighted by Gasteiger charge is 2.28. The van der Waals surface area contributed by atoms with E-state index < -0.39 is 17.9 Å². The van der Waals surface area contributed by atoms with Crippen LogP contribution in [0.5, 0.6) is 0 Å². The van der Waals surface area contributed by atoms with Crippen LogP contribution < -0.4 is 0 Å². The molecule has 0 aromatic rings. The van der Waals surface area contributed by atoms with Crippen LogP contribution in [-0.2, 0) is 19.1 Å². The third-order valence-corrected chi connectivity index (χ3v) is 1.79. The molecular weight excluding hydrogens is 208 g/mol. The van der Waals surface area contributed by atoms with Gasteiger partial charge < -0.3 is 9.47 Å². The van der Waals surface area contributed by atoms with E-state index >= 15 is 0 Å². The number of ether oxygens (including phenoxy) is 2. The Kier molecular flexibility index (Phi) is 7.96. The van der Waals surface area contributed by atoms with E-state index in [0.717, 1.165) is 0 Å². The third kappa shape index (κ3) is 5.40. The molecule has 0 bridgehead atoms. The van der Waals surface area contributed by atoms with Crippen LogP contribution in [0.15, 0.2) is 0 Å². The summed E-state index contributed by atoms with van der Waals surface area (Å²) < 4.78 is 9.74. The maximum absolute atomic E-state index is 11.5. The number of terminal acetylenes is 1. The zero-order valence-corrected chi connectivity index (χ0v) is 9.82. The fourth-order valence-electron chi connectivity index (χ4n) is 0.987. The van der Waals surface area contributed by atoms with Gasteiger partial charge in [-0.3, -0.25) is 9.59 Å². The molecule has 16 heavy (non-hydrogen) atoms. The van der Waals surface area contributed by atoms with E-state index in [1.165, 1.54) is 0 Å². The zero-order chi connectivity index (χ0) is 12.4. The van der Waals surface area contributed by atoms with Gasteiger partial charge >= 0.3 is 11.9 Å². The van der Waals surface area contributed by atoms with Crippen LogP contribution in [0, 0.1) is 18.3 Å². The molecule has 0 radical (unpaired) electrons. The van der Waals surface area contributed by atoms with Crippen LogP contribution in [0.3, 0.4) is 0 Å². The van der Waals surface area contributed by atoms with Crippen LogP contribution >= 0.6 is 0 Å². The van der Waals surface area contributed by atoms with Gasteiger partial charge in [-0.2, -0.15) is 0 Å². The molecule has 0 aromatic carbocycles. The SMILES string of the molecule is C#CCC(C(=O)OCCC)C(=O)OCCC. The van der Waals surface area contributed by atoms with Crippen molar-refractivity contribution in [2.75, 3.05) is 13.2 Å². The van der Waals surface area contributed by atoms with Crippen molar-refractivity contribution in [1.29, 1.82) is 0 Å². The molecule has 0 aromatic heterocycles. The highest BCUT2D eigenvalue weighted by atomic mass is 16.6. The highest BCUT2D eigenvalue weighted by molar-refractivity contribution is 5.95. The van der Waals surface area contributed by atoms with Gasteiger partial charge in [0.25, 0.3) is 0 Å². The van der Waals surface area contributed by atoms with Crippen LogP contribution in [0.1, 0.15) is 33.1 Å². The summed E-state index contributed by atoms with van der Waals surface area (Å²) in [6, 6.07) is 0. The number of esters is 2. The summed E-state index contributed by atoms with van der Waals surface area (Å²) in [6.45, 7) is 4.33. The minimum atomic E-state index is -0.983. The molecule has 4 heteroatoms. The van der Waals surface area contributed by atoms with Gasteiger partial charge in [0.1, 0.15) is 0 Å². The molecule has 0 fully saturated rings. The summed E-state index contributed by atoms with van der Waals surface area (Å²) in [5, 5.41) is 0. The number of carbonyl (C=O) groups excluding carboxylic acids is 2. The highest BCUT2D eigenvalue weighted by Crippen LogP contribution is 2.08. The lowest BCUT2D eigenvalue weighted by Gasteiger charge is -2.12. The molecule has 0 spiro atoms. The molecule has 0 amide bonds. The summed E-state index contributed by atoms with van der Waals surface area (Å²) in [6.07, 6.45) is 6.53. The molecule has 0 atom stereocenters. The average Bonchev–Trinajstić information content (AvgIpc) is 2.29. The summed E-state index contributed by atoms with van der Waals surface area (Å²) >= 11 is 0. The average molecular weight is 226 g/mol. The molecular formula is C12H18O4. The Bertz CT molecular complexity index is 245. The van der Waals surface area contributed by atoms with Crippen molar-refractivity contribution in [3.8, 4) is 12.3 Å². The van der Waals surface area contributed by atoms with Crippen LogP contribution in [0.2, 0.25) is 0 Å². The Morgan fingerprint density at radius 2 is 1.56 bits per heavy atom. The fourth-order valence-corrected chi connectivity index (χ4v) is 0.987. The monoisotopic (exact) mass is 226 g/mol. The number of hydrogen-bond donors (Lipinski definition) is 0. The lowest BCUT2D eigenvalue weighted by atomic mass is 10.1. The van der Waals surface area contributed by atoms with Crippen molar-refractivity contribution in [3.05, 3.63) is 0 Å². The van der Waals surface area contributed by atoms with E-state index in [4.69, 9.17) is 15.9 Å². The van der Waals surface area contributed by atoms with Gasteiger partial charge in [-0.05, 0) is 12.8 Å². The third-order valence-electron chi connectivity index (χ3n) is 1.79. The van der Waals surface area contributed by atoms with E-state index in [2.05, 4.69) is 5.92 Å². The van der Waals surface area contributed by atoms with Crippen molar-refractivity contribution in [2.24, 2.45) is 5.92 Å². The van der Waals surface area contributed by atoms with Crippen molar-refractivity contribution < 1.29 is 19.1 Å². The second kappa shape index (κ2) is 8.78. The van der Waals surface area contributed by atoms with Gasteiger partial charge in [0.15, 0.2) is 5.92 Å². The Balaban J connectivity index is 4.30. The van der Waals surface area contributed by atoms with E-state index in [9.17, 15) is 9.59 Å². The largest absolute Gasteiger partial charge is 0.465 e. The van der Waals surface area contributed by atoms with Gasteiger partial charge in [0.2, 0.25) is 0 Å². The van der Waals surface area contributed by atoms with Gasteiger partial charge in [0.05, 0.1) is 13.2 Å². The number of hydrogen-bond acceptors (Lipinski definition) is 4. The quantitative estimate of drug-likeness (QED) is 0.375.